The monoisotopic (exact) mass is 404 g/mol. The van der Waals surface area contributed by atoms with E-state index >= 15 is 0 Å². The summed E-state index contributed by atoms with van der Waals surface area (Å²) in [4.78, 5) is 42.4. The first kappa shape index (κ1) is 20.3. The molecule has 2 aromatic carbocycles. The maximum atomic E-state index is 11.7. The fraction of sp³-hybridized carbons (Fsp3) is 0.294. The molecule has 2 unspecified atom stereocenters. The van der Waals surface area contributed by atoms with E-state index in [2.05, 4.69) is 0 Å². The van der Waals surface area contributed by atoms with E-state index in [9.17, 15) is 30.3 Å². The van der Waals surface area contributed by atoms with Crippen molar-refractivity contribution in [1.29, 1.82) is 0 Å². The highest BCUT2D eigenvalue weighted by atomic mass is 17.0. The number of hydroxylamine groups is 2. The van der Waals surface area contributed by atoms with Gasteiger partial charge in [0.25, 0.3) is 0 Å². The lowest BCUT2D eigenvalue weighted by molar-refractivity contribution is -0.852. The number of hydrogen-bond acceptors (Lipinski definition) is 9. The molecule has 0 saturated carbocycles. The maximum absolute atomic E-state index is 11.7. The van der Waals surface area contributed by atoms with Gasteiger partial charge in [0.1, 0.15) is 22.4 Å². The van der Waals surface area contributed by atoms with Gasteiger partial charge < -0.3 is 0 Å². The van der Waals surface area contributed by atoms with Crippen LogP contribution in [-0.4, -0.2) is 32.3 Å². The first-order chi connectivity index (χ1) is 13.8. The zero-order valence-electron chi connectivity index (χ0n) is 14.9. The molecule has 29 heavy (non-hydrogen) atoms. The van der Waals surface area contributed by atoms with Crippen LogP contribution in [0.25, 0.3) is 0 Å². The molecule has 1 saturated heterocycles. The lowest BCUT2D eigenvalue weighted by Crippen LogP contribution is -2.56. The summed E-state index contributed by atoms with van der Waals surface area (Å²) in [6, 6.07) is 16.1. The molecular weight excluding hydrogens is 388 g/mol. The van der Waals surface area contributed by atoms with Crippen molar-refractivity contribution in [3.8, 4) is 0 Å². The molecule has 0 aliphatic carbocycles. The molecule has 2 atom stereocenters. The fourth-order valence-electron chi connectivity index (χ4n) is 2.98. The molecule has 0 amide bonds. The molecule has 12 heteroatoms. The molecule has 1 aliphatic heterocycles. The van der Waals surface area contributed by atoms with Gasteiger partial charge in [-0.15, -0.1) is 0 Å². The average molecular weight is 404 g/mol. The highest BCUT2D eigenvalue weighted by Gasteiger charge is 2.71. The molecule has 1 fully saturated rings. The van der Waals surface area contributed by atoms with Crippen molar-refractivity contribution >= 4 is 0 Å². The van der Waals surface area contributed by atoms with E-state index < -0.39 is 45.7 Å². The van der Waals surface area contributed by atoms with Crippen LogP contribution in [0.15, 0.2) is 60.7 Å². The second-order valence-corrected chi connectivity index (χ2v) is 6.27. The predicted octanol–water partition coefficient (Wildman–Crippen LogP) is 2.52. The van der Waals surface area contributed by atoms with Crippen LogP contribution in [0.4, 0.5) is 0 Å². The van der Waals surface area contributed by atoms with Crippen LogP contribution < -0.4 is 0 Å². The lowest BCUT2D eigenvalue weighted by atomic mass is 10.0. The summed E-state index contributed by atoms with van der Waals surface area (Å²) in [6.45, 7) is -0.772. The Labute approximate surface area is 163 Å². The Morgan fingerprint density at radius 1 is 1.00 bits per heavy atom. The van der Waals surface area contributed by atoms with E-state index in [4.69, 9.17) is 9.68 Å². The molecular formula is C17H16N4O8. The van der Waals surface area contributed by atoms with Crippen LogP contribution in [0, 0.1) is 30.3 Å². The topological polar surface area (TPSA) is 151 Å². The Balaban J connectivity index is 1.97. The van der Waals surface area contributed by atoms with Crippen LogP contribution >= 0.6 is 0 Å². The van der Waals surface area contributed by atoms with Crippen molar-refractivity contribution in [2.75, 3.05) is 6.54 Å². The van der Waals surface area contributed by atoms with Crippen molar-refractivity contribution in [2.45, 2.75) is 24.4 Å². The van der Waals surface area contributed by atoms with Crippen molar-refractivity contribution in [3.05, 3.63) is 102 Å². The van der Waals surface area contributed by atoms with E-state index in [-0.39, 0.29) is 5.23 Å². The standard InChI is InChI=1S/C17H16N4O8/c22-18(23)12-16(14-9-5-2-6-10-14)29-21-17(19(24)25,20(26)27)11-15(28-21)13-7-3-1-4-8-13/h1-10,15-16H,11-12H2. The van der Waals surface area contributed by atoms with Gasteiger partial charge >= 0.3 is 5.79 Å². The highest BCUT2D eigenvalue weighted by molar-refractivity contribution is 5.19. The molecule has 1 heterocycles. The van der Waals surface area contributed by atoms with Crippen LogP contribution in [-0.2, 0) is 9.68 Å². The summed E-state index contributed by atoms with van der Waals surface area (Å²) in [5.41, 5.74) is 0.786. The molecule has 152 valence electrons. The van der Waals surface area contributed by atoms with Crippen molar-refractivity contribution in [2.24, 2.45) is 0 Å². The van der Waals surface area contributed by atoms with E-state index in [0.717, 1.165) is 0 Å². The molecule has 3 rings (SSSR count). The van der Waals surface area contributed by atoms with Gasteiger partial charge in [-0.25, -0.2) is 4.84 Å². The minimum Gasteiger partial charge on any atom is -0.264 e. The molecule has 2 aromatic rings. The minimum absolute atomic E-state index is 0.186. The van der Waals surface area contributed by atoms with Crippen LogP contribution in [0.5, 0.6) is 0 Å². The van der Waals surface area contributed by atoms with Gasteiger partial charge in [-0.2, -0.15) is 0 Å². The molecule has 0 aromatic heterocycles. The average Bonchev–Trinajstić information content (AvgIpc) is 3.09. The van der Waals surface area contributed by atoms with E-state index in [1.165, 1.54) is 12.1 Å². The smallest absolute Gasteiger partial charge is 0.264 e. The number of nitro groups is 3. The zero-order valence-corrected chi connectivity index (χ0v) is 14.9. The highest BCUT2D eigenvalue weighted by Crippen LogP contribution is 2.42. The Bertz CT molecular complexity index is 881. The number of hydrogen-bond donors (Lipinski definition) is 0. The Kier molecular flexibility index (Phi) is 5.77. The fourth-order valence-corrected chi connectivity index (χ4v) is 2.98. The second-order valence-electron chi connectivity index (χ2n) is 6.27. The van der Waals surface area contributed by atoms with Crippen molar-refractivity contribution in [1.82, 2.24) is 5.23 Å². The Morgan fingerprint density at radius 3 is 2.07 bits per heavy atom. The summed E-state index contributed by atoms with van der Waals surface area (Å²) >= 11 is 0. The normalized spacial score (nSPS) is 19.5. The Morgan fingerprint density at radius 2 is 1.55 bits per heavy atom. The maximum Gasteiger partial charge on any atom is 0.569 e. The molecule has 1 aliphatic rings. The SMILES string of the molecule is O=[N+]([O-])CC(ON1OC(c2ccccc2)CC1([N+](=O)[O-])[N+](=O)[O-])c1ccccc1. The van der Waals surface area contributed by atoms with Gasteiger partial charge in [-0.05, 0) is 11.1 Å². The van der Waals surface area contributed by atoms with E-state index in [1.807, 2.05) is 0 Å². The first-order valence-corrected chi connectivity index (χ1v) is 8.49. The van der Waals surface area contributed by atoms with E-state index in [0.29, 0.717) is 11.1 Å². The molecule has 0 N–H and O–H groups in total. The molecule has 0 radical (unpaired) electrons. The zero-order chi connectivity index (χ0) is 21.0. The van der Waals surface area contributed by atoms with Crippen LogP contribution in [0.2, 0.25) is 0 Å². The third kappa shape index (κ3) is 4.03. The quantitative estimate of drug-likeness (QED) is 0.367. The van der Waals surface area contributed by atoms with E-state index in [1.54, 1.807) is 48.5 Å². The third-order valence-electron chi connectivity index (χ3n) is 4.44. The summed E-state index contributed by atoms with van der Waals surface area (Å²) < 4.78 is 0. The number of nitrogens with zero attached hydrogens (tertiary/aromatic N) is 4. The van der Waals surface area contributed by atoms with Gasteiger partial charge in [0.2, 0.25) is 6.54 Å². The first-order valence-electron chi connectivity index (χ1n) is 8.49. The minimum atomic E-state index is -2.95. The number of benzene rings is 2. The van der Waals surface area contributed by atoms with Gasteiger partial charge in [-0.1, -0.05) is 60.7 Å². The van der Waals surface area contributed by atoms with Crippen molar-refractivity contribution < 1.29 is 24.4 Å². The molecule has 0 bridgehead atoms. The second kappa shape index (κ2) is 8.26. The lowest BCUT2D eigenvalue weighted by Gasteiger charge is -2.23. The van der Waals surface area contributed by atoms with Crippen molar-refractivity contribution in [3.63, 3.8) is 0 Å². The third-order valence-corrected chi connectivity index (χ3v) is 4.44. The Hall–Kier alpha value is -3.48. The summed E-state index contributed by atoms with van der Waals surface area (Å²) in [6.07, 6.45) is -3.02. The van der Waals surface area contributed by atoms with Crippen LogP contribution in [0.3, 0.4) is 0 Å². The molecule has 12 nitrogen and oxygen atoms in total. The predicted molar refractivity (Wildman–Crippen MR) is 95.6 cm³/mol. The largest absolute Gasteiger partial charge is 0.569 e. The molecule has 0 spiro atoms. The summed E-state index contributed by atoms with van der Waals surface area (Å²) in [5, 5.41) is 34.7. The van der Waals surface area contributed by atoms with Gasteiger partial charge in [-0.3, -0.25) is 35.2 Å². The summed E-state index contributed by atoms with van der Waals surface area (Å²) in [7, 11) is 0. The number of rotatable bonds is 8. The van der Waals surface area contributed by atoms with Gasteiger partial charge in [0.15, 0.2) is 6.10 Å². The van der Waals surface area contributed by atoms with Gasteiger partial charge in [0, 0.05) is 4.92 Å². The van der Waals surface area contributed by atoms with Gasteiger partial charge in [0.05, 0.1) is 5.23 Å². The summed E-state index contributed by atoms with van der Waals surface area (Å²) in [5.74, 6) is -2.95. The van der Waals surface area contributed by atoms with Crippen LogP contribution in [0.1, 0.15) is 29.8 Å².